The molecule has 118 valence electrons. The van der Waals surface area contributed by atoms with Gasteiger partial charge in [-0.3, -0.25) is 0 Å². The summed E-state index contributed by atoms with van der Waals surface area (Å²) in [6, 6.07) is 6.77. The maximum absolute atomic E-state index is 9.57. The van der Waals surface area contributed by atoms with Crippen LogP contribution < -0.4 is 5.32 Å². The minimum atomic E-state index is -0.133. The van der Waals surface area contributed by atoms with Gasteiger partial charge in [0, 0.05) is 17.6 Å². The Labute approximate surface area is 132 Å². The van der Waals surface area contributed by atoms with Gasteiger partial charge < -0.3 is 10.4 Å². The van der Waals surface area contributed by atoms with E-state index in [1.807, 2.05) is 6.20 Å². The number of fused-ring (bicyclic) bond motifs is 1. The summed E-state index contributed by atoms with van der Waals surface area (Å²) in [4.78, 5) is 9.09. The summed E-state index contributed by atoms with van der Waals surface area (Å²) >= 11 is 0. The maximum atomic E-state index is 9.57. The largest absolute Gasteiger partial charge is 0.393 e. The molecule has 0 saturated heterocycles. The molecule has 0 atom stereocenters. The van der Waals surface area contributed by atoms with Crippen LogP contribution in [0, 0.1) is 0 Å². The molecular formula is C18H25N3O. The highest BCUT2D eigenvalue weighted by Crippen LogP contribution is 2.26. The summed E-state index contributed by atoms with van der Waals surface area (Å²) < 4.78 is 0. The van der Waals surface area contributed by atoms with E-state index < -0.39 is 0 Å². The fraction of sp³-hybridized carbons (Fsp3) is 0.556. The monoisotopic (exact) mass is 299 g/mol. The summed E-state index contributed by atoms with van der Waals surface area (Å²) in [7, 11) is 0. The van der Waals surface area contributed by atoms with Crippen LogP contribution in [0.15, 0.2) is 24.4 Å². The van der Waals surface area contributed by atoms with Crippen LogP contribution in [0.25, 0.3) is 10.9 Å². The molecule has 0 unspecified atom stereocenters. The van der Waals surface area contributed by atoms with Gasteiger partial charge in [0.25, 0.3) is 0 Å². The van der Waals surface area contributed by atoms with Crippen LogP contribution in [0.3, 0.4) is 0 Å². The second-order valence-corrected chi connectivity index (χ2v) is 7.37. The van der Waals surface area contributed by atoms with Crippen molar-refractivity contribution in [3.63, 3.8) is 0 Å². The Morgan fingerprint density at radius 1 is 1.14 bits per heavy atom. The molecule has 1 aromatic heterocycles. The van der Waals surface area contributed by atoms with Gasteiger partial charge in [0.15, 0.2) is 0 Å². The van der Waals surface area contributed by atoms with E-state index in [-0.39, 0.29) is 11.5 Å². The molecule has 1 heterocycles. The van der Waals surface area contributed by atoms with Crippen molar-refractivity contribution >= 4 is 16.9 Å². The molecule has 0 bridgehead atoms. The Morgan fingerprint density at radius 3 is 2.55 bits per heavy atom. The Kier molecular flexibility index (Phi) is 4.04. The molecule has 2 aromatic rings. The van der Waals surface area contributed by atoms with Crippen LogP contribution in [0.5, 0.6) is 0 Å². The van der Waals surface area contributed by atoms with Crippen LogP contribution in [0.2, 0.25) is 0 Å². The highest BCUT2D eigenvalue weighted by molar-refractivity contribution is 5.79. The predicted molar refractivity (Wildman–Crippen MR) is 90.1 cm³/mol. The minimum Gasteiger partial charge on any atom is -0.393 e. The van der Waals surface area contributed by atoms with Crippen molar-refractivity contribution < 1.29 is 5.11 Å². The molecule has 4 nitrogen and oxygen atoms in total. The highest BCUT2D eigenvalue weighted by Gasteiger charge is 2.20. The number of aromatic nitrogens is 2. The molecule has 3 rings (SSSR count). The first-order valence-corrected chi connectivity index (χ1v) is 8.14. The van der Waals surface area contributed by atoms with Gasteiger partial charge in [-0.2, -0.15) is 0 Å². The molecule has 1 aliphatic rings. The van der Waals surface area contributed by atoms with Gasteiger partial charge in [0.05, 0.1) is 11.6 Å². The first-order chi connectivity index (χ1) is 10.4. The fourth-order valence-corrected chi connectivity index (χ4v) is 2.97. The molecule has 1 saturated carbocycles. The second-order valence-electron chi connectivity index (χ2n) is 7.37. The van der Waals surface area contributed by atoms with Crippen molar-refractivity contribution in [1.82, 2.24) is 9.97 Å². The third-order valence-electron chi connectivity index (χ3n) is 4.48. The van der Waals surface area contributed by atoms with Crippen LogP contribution in [-0.2, 0) is 5.41 Å². The molecule has 0 spiro atoms. The highest BCUT2D eigenvalue weighted by atomic mass is 16.3. The molecule has 0 aliphatic heterocycles. The molecule has 2 N–H and O–H groups in total. The maximum Gasteiger partial charge on any atom is 0.223 e. The lowest BCUT2D eigenvalue weighted by Crippen LogP contribution is -2.28. The topological polar surface area (TPSA) is 58.0 Å². The smallest absolute Gasteiger partial charge is 0.223 e. The summed E-state index contributed by atoms with van der Waals surface area (Å²) in [5.74, 6) is 0.692. The average Bonchev–Trinajstić information content (AvgIpc) is 2.48. The number of anilines is 1. The van der Waals surface area contributed by atoms with Crippen LogP contribution in [-0.4, -0.2) is 27.2 Å². The van der Waals surface area contributed by atoms with Gasteiger partial charge in [-0.05, 0) is 48.8 Å². The average molecular weight is 299 g/mol. The zero-order chi connectivity index (χ0) is 15.7. The number of aliphatic hydroxyl groups is 1. The van der Waals surface area contributed by atoms with E-state index in [0.717, 1.165) is 36.6 Å². The molecule has 4 heteroatoms. The van der Waals surface area contributed by atoms with E-state index in [4.69, 9.17) is 0 Å². The van der Waals surface area contributed by atoms with E-state index in [1.54, 1.807) is 0 Å². The van der Waals surface area contributed by atoms with Crippen LogP contribution in [0.1, 0.15) is 52.0 Å². The van der Waals surface area contributed by atoms with Crippen molar-refractivity contribution in [2.45, 2.75) is 64.0 Å². The first kappa shape index (κ1) is 15.2. The number of benzene rings is 1. The van der Waals surface area contributed by atoms with Crippen molar-refractivity contribution in [3.05, 3.63) is 30.0 Å². The predicted octanol–water partition coefficient (Wildman–Crippen LogP) is 3.64. The Hall–Kier alpha value is -1.68. The molecule has 0 amide bonds. The fourth-order valence-electron chi connectivity index (χ4n) is 2.97. The summed E-state index contributed by atoms with van der Waals surface area (Å²) in [6.45, 7) is 6.63. The zero-order valence-corrected chi connectivity index (χ0v) is 13.6. The van der Waals surface area contributed by atoms with Gasteiger partial charge in [0.2, 0.25) is 5.95 Å². The third-order valence-corrected chi connectivity index (χ3v) is 4.48. The third kappa shape index (κ3) is 3.38. The summed E-state index contributed by atoms with van der Waals surface area (Å²) in [5, 5.41) is 14.1. The van der Waals surface area contributed by atoms with Gasteiger partial charge >= 0.3 is 0 Å². The Morgan fingerprint density at radius 2 is 1.86 bits per heavy atom. The van der Waals surface area contributed by atoms with Crippen molar-refractivity contribution in [2.75, 3.05) is 5.32 Å². The van der Waals surface area contributed by atoms with Gasteiger partial charge in [-0.25, -0.2) is 9.97 Å². The molecule has 1 aliphatic carbocycles. The molecule has 1 aromatic carbocycles. The standard InChI is InChI=1S/C18H25N3O/c1-18(2,3)13-4-9-16-12(10-13)11-19-17(21-16)20-14-5-7-15(22)8-6-14/h4,9-11,14-15,22H,5-8H2,1-3H3,(H,19,20,21)/t14-,15+. The van der Waals surface area contributed by atoms with Crippen molar-refractivity contribution in [1.29, 1.82) is 0 Å². The van der Waals surface area contributed by atoms with Gasteiger partial charge in [0.1, 0.15) is 0 Å². The number of aliphatic hydroxyl groups excluding tert-OH is 1. The summed E-state index contributed by atoms with van der Waals surface area (Å²) in [5.41, 5.74) is 2.40. The van der Waals surface area contributed by atoms with E-state index >= 15 is 0 Å². The normalized spacial score (nSPS) is 22.7. The zero-order valence-electron chi connectivity index (χ0n) is 13.6. The number of nitrogens with zero attached hydrogens (tertiary/aromatic N) is 2. The first-order valence-electron chi connectivity index (χ1n) is 8.14. The summed E-state index contributed by atoms with van der Waals surface area (Å²) in [6.07, 6.45) is 5.45. The molecule has 0 radical (unpaired) electrons. The van der Waals surface area contributed by atoms with Crippen LogP contribution >= 0.6 is 0 Å². The molecular weight excluding hydrogens is 274 g/mol. The Bertz CT molecular complexity index is 655. The minimum absolute atomic E-state index is 0.133. The van der Waals surface area contributed by atoms with Crippen molar-refractivity contribution in [3.8, 4) is 0 Å². The van der Waals surface area contributed by atoms with E-state index in [9.17, 15) is 5.11 Å². The Balaban J connectivity index is 1.78. The lowest BCUT2D eigenvalue weighted by molar-refractivity contribution is 0.126. The number of hydrogen-bond acceptors (Lipinski definition) is 4. The van der Waals surface area contributed by atoms with Gasteiger partial charge in [-0.15, -0.1) is 0 Å². The SMILES string of the molecule is CC(C)(C)c1ccc2nc(N[C@H]3CC[C@@H](O)CC3)ncc2c1. The van der Waals surface area contributed by atoms with E-state index in [0.29, 0.717) is 12.0 Å². The molecule has 1 fully saturated rings. The lowest BCUT2D eigenvalue weighted by Gasteiger charge is -2.26. The van der Waals surface area contributed by atoms with Crippen molar-refractivity contribution in [2.24, 2.45) is 0 Å². The van der Waals surface area contributed by atoms with E-state index in [2.05, 4.69) is 54.3 Å². The molecule has 22 heavy (non-hydrogen) atoms. The quantitative estimate of drug-likeness (QED) is 0.889. The number of nitrogens with one attached hydrogen (secondary N) is 1. The second kappa shape index (κ2) is 5.84. The van der Waals surface area contributed by atoms with Gasteiger partial charge in [-0.1, -0.05) is 26.8 Å². The van der Waals surface area contributed by atoms with Crippen LogP contribution in [0.4, 0.5) is 5.95 Å². The lowest BCUT2D eigenvalue weighted by atomic mass is 9.86. The number of hydrogen-bond donors (Lipinski definition) is 2. The van der Waals surface area contributed by atoms with E-state index in [1.165, 1.54) is 5.56 Å². The number of rotatable bonds is 2.